The molecule has 2 rings (SSSR count). The lowest BCUT2D eigenvalue weighted by Gasteiger charge is -2.43. The van der Waals surface area contributed by atoms with Crippen LogP contribution in [0.3, 0.4) is 0 Å². The van der Waals surface area contributed by atoms with Gasteiger partial charge in [0.25, 0.3) is 0 Å². The Bertz CT molecular complexity index is 308. The average molecular weight is 217 g/mol. The fraction of sp³-hybridized carbons (Fsp3) is 0.600. The molecule has 1 fully saturated rings. The smallest absolute Gasteiger partial charge is 0.0179 e. The van der Waals surface area contributed by atoms with Crippen LogP contribution in [0.4, 0.5) is 0 Å². The molecule has 1 heteroatoms. The zero-order chi connectivity index (χ0) is 11.4. The van der Waals surface area contributed by atoms with Crippen molar-refractivity contribution in [3.05, 3.63) is 35.9 Å². The van der Waals surface area contributed by atoms with Crippen molar-refractivity contribution in [1.29, 1.82) is 0 Å². The van der Waals surface area contributed by atoms with Gasteiger partial charge in [0.2, 0.25) is 0 Å². The minimum atomic E-state index is 0.475. The number of nitrogens with one attached hydrogen (secondary N) is 1. The number of hydrogen-bond acceptors (Lipinski definition) is 1. The van der Waals surface area contributed by atoms with Crippen molar-refractivity contribution in [2.24, 2.45) is 0 Å². The molecule has 1 saturated carbocycles. The van der Waals surface area contributed by atoms with Gasteiger partial charge in [0.1, 0.15) is 0 Å². The summed E-state index contributed by atoms with van der Waals surface area (Å²) in [6, 6.07) is 10.8. The first-order valence-corrected chi connectivity index (χ1v) is 6.56. The summed E-state index contributed by atoms with van der Waals surface area (Å²) in [4.78, 5) is 0. The highest BCUT2D eigenvalue weighted by Crippen LogP contribution is 2.34. The summed E-state index contributed by atoms with van der Waals surface area (Å²) in [7, 11) is 0. The van der Waals surface area contributed by atoms with Crippen LogP contribution in [-0.2, 0) is 0 Å². The summed E-state index contributed by atoms with van der Waals surface area (Å²) in [5.74, 6) is 0.616. The zero-order valence-corrected chi connectivity index (χ0v) is 10.5. The van der Waals surface area contributed by atoms with E-state index in [4.69, 9.17) is 0 Å². The molecule has 0 bridgehead atoms. The third-order valence-corrected chi connectivity index (χ3v) is 4.14. The van der Waals surface area contributed by atoms with Crippen LogP contribution in [0.15, 0.2) is 30.3 Å². The molecule has 1 nitrogen and oxygen atoms in total. The molecule has 1 aliphatic carbocycles. The molecule has 0 amide bonds. The average Bonchev–Trinajstić information content (AvgIpc) is 2.29. The first-order valence-electron chi connectivity index (χ1n) is 6.56. The molecule has 88 valence electrons. The predicted molar refractivity (Wildman–Crippen MR) is 69.7 cm³/mol. The quantitative estimate of drug-likeness (QED) is 0.792. The monoisotopic (exact) mass is 217 g/mol. The highest BCUT2D eigenvalue weighted by Gasteiger charge is 2.34. The van der Waals surface area contributed by atoms with Gasteiger partial charge in [-0.15, -0.1) is 0 Å². The summed E-state index contributed by atoms with van der Waals surface area (Å²) in [6.45, 7) is 5.72. The van der Waals surface area contributed by atoms with Gasteiger partial charge in [0.15, 0.2) is 0 Å². The van der Waals surface area contributed by atoms with Gasteiger partial charge in [-0.05, 0) is 37.2 Å². The predicted octanol–water partition coefficient (Wildman–Crippen LogP) is 3.71. The fourth-order valence-electron chi connectivity index (χ4n) is 2.53. The first-order chi connectivity index (χ1) is 7.76. The SMILES string of the molecule is CCC1(NCC(C)c2ccccc2)CCC1. The van der Waals surface area contributed by atoms with E-state index in [-0.39, 0.29) is 0 Å². The van der Waals surface area contributed by atoms with E-state index in [9.17, 15) is 0 Å². The summed E-state index contributed by atoms with van der Waals surface area (Å²) >= 11 is 0. The molecule has 16 heavy (non-hydrogen) atoms. The lowest BCUT2D eigenvalue weighted by molar-refractivity contribution is 0.175. The maximum absolute atomic E-state index is 3.78. The second-order valence-corrected chi connectivity index (χ2v) is 5.18. The van der Waals surface area contributed by atoms with Crippen LogP contribution in [0.25, 0.3) is 0 Å². The lowest BCUT2D eigenvalue weighted by Crippen LogP contribution is -2.51. The largest absolute Gasteiger partial charge is 0.311 e. The van der Waals surface area contributed by atoms with Crippen LogP contribution in [0, 0.1) is 0 Å². The normalized spacial score (nSPS) is 20.1. The van der Waals surface area contributed by atoms with E-state index in [1.54, 1.807) is 0 Å². The van der Waals surface area contributed by atoms with Gasteiger partial charge in [-0.25, -0.2) is 0 Å². The molecular formula is C15H23N. The molecule has 0 spiro atoms. The van der Waals surface area contributed by atoms with Crippen molar-refractivity contribution in [1.82, 2.24) is 5.32 Å². The Morgan fingerprint density at radius 1 is 1.25 bits per heavy atom. The van der Waals surface area contributed by atoms with Crippen molar-refractivity contribution in [3.63, 3.8) is 0 Å². The number of hydrogen-bond donors (Lipinski definition) is 1. The Morgan fingerprint density at radius 3 is 2.44 bits per heavy atom. The van der Waals surface area contributed by atoms with Gasteiger partial charge in [-0.2, -0.15) is 0 Å². The molecule has 1 unspecified atom stereocenters. The Balaban J connectivity index is 1.86. The van der Waals surface area contributed by atoms with Crippen LogP contribution in [0.5, 0.6) is 0 Å². The van der Waals surface area contributed by atoms with E-state index in [1.165, 1.54) is 31.2 Å². The van der Waals surface area contributed by atoms with Crippen LogP contribution >= 0.6 is 0 Å². The number of benzene rings is 1. The van der Waals surface area contributed by atoms with Gasteiger partial charge >= 0.3 is 0 Å². The molecule has 1 atom stereocenters. The molecule has 1 aromatic carbocycles. The highest BCUT2D eigenvalue weighted by molar-refractivity contribution is 5.19. The maximum Gasteiger partial charge on any atom is 0.0179 e. The molecule has 0 heterocycles. The molecule has 1 N–H and O–H groups in total. The van der Waals surface area contributed by atoms with Gasteiger partial charge in [-0.1, -0.05) is 44.2 Å². The molecule has 1 aliphatic rings. The minimum absolute atomic E-state index is 0.475. The minimum Gasteiger partial charge on any atom is -0.311 e. The fourth-order valence-corrected chi connectivity index (χ4v) is 2.53. The van der Waals surface area contributed by atoms with E-state index < -0.39 is 0 Å². The second-order valence-electron chi connectivity index (χ2n) is 5.18. The summed E-state index contributed by atoms with van der Waals surface area (Å²) in [5.41, 5.74) is 1.92. The van der Waals surface area contributed by atoms with E-state index in [2.05, 4.69) is 49.5 Å². The van der Waals surface area contributed by atoms with Crippen molar-refractivity contribution in [2.75, 3.05) is 6.54 Å². The van der Waals surface area contributed by atoms with Crippen molar-refractivity contribution in [2.45, 2.75) is 51.0 Å². The van der Waals surface area contributed by atoms with Gasteiger partial charge < -0.3 is 5.32 Å². The molecule has 1 aromatic rings. The Labute approximate surface area is 99.3 Å². The van der Waals surface area contributed by atoms with E-state index in [0.29, 0.717) is 11.5 Å². The van der Waals surface area contributed by atoms with Gasteiger partial charge in [0.05, 0.1) is 0 Å². The summed E-state index contributed by atoms with van der Waals surface area (Å²) in [5, 5.41) is 3.78. The molecule has 0 aliphatic heterocycles. The van der Waals surface area contributed by atoms with Gasteiger partial charge in [-0.3, -0.25) is 0 Å². The molecule has 0 aromatic heterocycles. The summed E-state index contributed by atoms with van der Waals surface area (Å²) in [6.07, 6.45) is 5.41. The van der Waals surface area contributed by atoms with E-state index in [1.807, 2.05) is 0 Å². The van der Waals surface area contributed by atoms with Crippen LogP contribution in [-0.4, -0.2) is 12.1 Å². The van der Waals surface area contributed by atoms with Crippen LogP contribution in [0.2, 0.25) is 0 Å². The number of rotatable bonds is 5. The van der Waals surface area contributed by atoms with E-state index >= 15 is 0 Å². The van der Waals surface area contributed by atoms with Crippen LogP contribution in [0.1, 0.15) is 51.0 Å². The van der Waals surface area contributed by atoms with Crippen LogP contribution < -0.4 is 5.32 Å². The topological polar surface area (TPSA) is 12.0 Å². The third-order valence-electron chi connectivity index (χ3n) is 4.14. The first kappa shape index (κ1) is 11.7. The Hall–Kier alpha value is -0.820. The second kappa shape index (κ2) is 5.01. The Kier molecular flexibility index (Phi) is 3.65. The standard InChI is InChI=1S/C15H23N/c1-3-15(10-7-11-15)16-12-13(2)14-8-5-4-6-9-14/h4-6,8-9,13,16H,3,7,10-12H2,1-2H3. The summed E-state index contributed by atoms with van der Waals surface area (Å²) < 4.78 is 0. The van der Waals surface area contributed by atoms with Crippen molar-refractivity contribution < 1.29 is 0 Å². The van der Waals surface area contributed by atoms with Crippen molar-refractivity contribution >= 4 is 0 Å². The molecule has 0 saturated heterocycles. The van der Waals surface area contributed by atoms with E-state index in [0.717, 1.165) is 6.54 Å². The Morgan fingerprint density at radius 2 is 1.94 bits per heavy atom. The van der Waals surface area contributed by atoms with Gasteiger partial charge in [0, 0.05) is 12.1 Å². The maximum atomic E-state index is 3.78. The zero-order valence-electron chi connectivity index (χ0n) is 10.5. The van der Waals surface area contributed by atoms with Crippen molar-refractivity contribution in [3.8, 4) is 0 Å². The lowest BCUT2D eigenvalue weighted by atomic mass is 9.74. The molecule has 0 radical (unpaired) electrons. The third kappa shape index (κ3) is 2.46. The molecular weight excluding hydrogens is 194 g/mol. The highest BCUT2D eigenvalue weighted by atomic mass is 15.0.